The lowest BCUT2D eigenvalue weighted by Crippen LogP contribution is -2.34. The molecule has 0 spiro atoms. The largest absolute Gasteiger partial charge is 0.481 e. The molecule has 2 aromatic rings. The highest BCUT2D eigenvalue weighted by atomic mass is 32.2. The van der Waals surface area contributed by atoms with Crippen LogP contribution in [0, 0.1) is 12.8 Å². The first-order valence-corrected chi connectivity index (χ1v) is 8.34. The minimum Gasteiger partial charge on any atom is -0.481 e. The summed E-state index contributed by atoms with van der Waals surface area (Å²) in [7, 11) is -2.47. The fourth-order valence-corrected chi connectivity index (χ4v) is 3.48. The van der Waals surface area contributed by atoms with Gasteiger partial charge in [0.15, 0.2) is 5.82 Å². The number of hydrogen-bond acceptors (Lipinski definition) is 5. The Labute approximate surface area is 134 Å². The van der Waals surface area contributed by atoms with Gasteiger partial charge >= 0.3 is 5.97 Å². The number of aromatic nitrogens is 3. The zero-order valence-electron chi connectivity index (χ0n) is 13.0. The molecule has 0 aromatic carbocycles. The Hall–Kier alpha value is -2.26. The van der Waals surface area contributed by atoms with E-state index in [-0.39, 0.29) is 11.4 Å². The third-order valence-electron chi connectivity index (χ3n) is 3.47. The van der Waals surface area contributed by atoms with Crippen molar-refractivity contribution in [2.24, 2.45) is 5.92 Å². The summed E-state index contributed by atoms with van der Waals surface area (Å²) in [5.41, 5.74) is 0.415. The lowest BCUT2D eigenvalue weighted by molar-refractivity contribution is -0.141. The maximum atomic E-state index is 12.6. The first-order chi connectivity index (χ1) is 10.7. The molecular formula is C14H18N4O4S. The van der Waals surface area contributed by atoms with Gasteiger partial charge in [0.2, 0.25) is 10.0 Å². The van der Waals surface area contributed by atoms with Crippen molar-refractivity contribution in [1.82, 2.24) is 19.1 Å². The minimum atomic E-state index is -3.83. The number of carbonyl (C=O) groups is 1. The molecule has 23 heavy (non-hydrogen) atoms. The quantitative estimate of drug-likeness (QED) is 0.839. The van der Waals surface area contributed by atoms with Gasteiger partial charge in [-0.1, -0.05) is 13.0 Å². The van der Waals surface area contributed by atoms with Crippen LogP contribution in [0.4, 0.5) is 0 Å². The van der Waals surface area contributed by atoms with E-state index < -0.39 is 21.9 Å². The molecule has 1 atom stereocenters. The predicted octanol–water partition coefficient (Wildman–Crippen LogP) is 0.917. The number of carboxylic acid groups (broad SMARTS) is 1. The Morgan fingerprint density at radius 3 is 2.70 bits per heavy atom. The number of aliphatic carboxylic acids is 1. The van der Waals surface area contributed by atoms with Gasteiger partial charge in [0.05, 0.1) is 17.8 Å². The summed E-state index contributed by atoms with van der Waals surface area (Å²) in [6.45, 7) is 2.97. The van der Waals surface area contributed by atoms with Gasteiger partial charge in [-0.2, -0.15) is 9.40 Å². The SMILES string of the molecule is Cc1c(S(=O)(=O)N(C)CC(C)C(=O)O)cnn1-c1ccccn1. The normalized spacial score (nSPS) is 13.2. The number of hydrogen-bond donors (Lipinski definition) is 1. The van der Waals surface area contributed by atoms with E-state index in [0.717, 1.165) is 4.31 Å². The Kier molecular flexibility index (Phi) is 4.81. The monoisotopic (exact) mass is 338 g/mol. The minimum absolute atomic E-state index is 0.0308. The molecule has 0 amide bonds. The second-order valence-electron chi connectivity index (χ2n) is 5.22. The number of nitrogens with zero attached hydrogens (tertiary/aromatic N) is 4. The van der Waals surface area contributed by atoms with Crippen molar-refractivity contribution in [3.05, 3.63) is 36.3 Å². The molecule has 2 aromatic heterocycles. The molecule has 0 aliphatic heterocycles. The highest BCUT2D eigenvalue weighted by Gasteiger charge is 2.28. The van der Waals surface area contributed by atoms with Gasteiger partial charge in [0.1, 0.15) is 4.90 Å². The predicted molar refractivity (Wildman–Crippen MR) is 82.7 cm³/mol. The highest BCUT2D eigenvalue weighted by molar-refractivity contribution is 7.89. The van der Waals surface area contributed by atoms with Crippen LogP contribution in [0.15, 0.2) is 35.5 Å². The number of sulfonamides is 1. The van der Waals surface area contributed by atoms with Gasteiger partial charge in [0.25, 0.3) is 0 Å². The number of rotatable bonds is 6. The van der Waals surface area contributed by atoms with E-state index in [1.807, 2.05) is 0 Å². The van der Waals surface area contributed by atoms with Crippen LogP contribution in [0.3, 0.4) is 0 Å². The van der Waals surface area contributed by atoms with Crippen LogP contribution in [0.2, 0.25) is 0 Å². The Balaban J connectivity index is 2.35. The van der Waals surface area contributed by atoms with Crippen LogP contribution < -0.4 is 0 Å². The fourth-order valence-electron chi connectivity index (χ4n) is 2.09. The summed E-state index contributed by atoms with van der Waals surface area (Å²) >= 11 is 0. The molecule has 0 fully saturated rings. The molecule has 8 nitrogen and oxygen atoms in total. The molecule has 0 radical (unpaired) electrons. The summed E-state index contributed by atoms with van der Waals surface area (Å²) in [6, 6.07) is 5.24. The van der Waals surface area contributed by atoms with Crippen molar-refractivity contribution >= 4 is 16.0 Å². The Morgan fingerprint density at radius 2 is 2.13 bits per heavy atom. The van der Waals surface area contributed by atoms with Crippen LogP contribution in [-0.4, -0.2) is 52.2 Å². The van der Waals surface area contributed by atoms with Crippen molar-refractivity contribution in [2.75, 3.05) is 13.6 Å². The highest BCUT2D eigenvalue weighted by Crippen LogP contribution is 2.21. The molecule has 0 aliphatic rings. The number of carboxylic acids is 1. The second kappa shape index (κ2) is 6.47. The number of pyridine rings is 1. The van der Waals surface area contributed by atoms with E-state index >= 15 is 0 Å². The molecule has 1 N–H and O–H groups in total. The summed E-state index contributed by atoms with van der Waals surface area (Å²) in [4.78, 5) is 15.1. The van der Waals surface area contributed by atoms with Crippen LogP contribution in [0.25, 0.3) is 5.82 Å². The maximum Gasteiger partial charge on any atom is 0.307 e. The lowest BCUT2D eigenvalue weighted by atomic mass is 10.2. The Morgan fingerprint density at radius 1 is 1.43 bits per heavy atom. The molecule has 124 valence electrons. The first-order valence-electron chi connectivity index (χ1n) is 6.90. The van der Waals surface area contributed by atoms with E-state index in [9.17, 15) is 13.2 Å². The summed E-state index contributed by atoms with van der Waals surface area (Å²) in [5, 5.41) is 13.0. The zero-order chi connectivity index (χ0) is 17.2. The maximum absolute atomic E-state index is 12.6. The fraction of sp³-hybridized carbons (Fsp3) is 0.357. The third-order valence-corrected chi connectivity index (χ3v) is 5.40. The van der Waals surface area contributed by atoms with Crippen LogP contribution >= 0.6 is 0 Å². The average molecular weight is 338 g/mol. The van der Waals surface area contributed by atoms with E-state index in [4.69, 9.17) is 5.11 Å². The lowest BCUT2D eigenvalue weighted by Gasteiger charge is -2.18. The molecule has 0 aliphatic carbocycles. The van der Waals surface area contributed by atoms with Crippen LogP contribution in [0.5, 0.6) is 0 Å². The van der Waals surface area contributed by atoms with E-state index in [1.54, 1.807) is 31.3 Å². The van der Waals surface area contributed by atoms with Gasteiger partial charge in [0, 0.05) is 19.8 Å². The van der Waals surface area contributed by atoms with Gasteiger partial charge in [-0.05, 0) is 19.1 Å². The molecule has 9 heteroatoms. The molecule has 0 saturated carbocycles. The van der Waals surface area contributed by atoms with Crippen molar-refractivity contribution in [2.45, 2.75) is 18.7 Å². The van der Waals surface area contributed by atoms with Crippen LogP contribution in [-0.2, 0) is 14.8 Å². The molecular weight excluding hydrogens is 320 g/mol. The van der Waals surface area contributed by atoms with Crippen molar-refractivity contribution < 1.29 is 18.3 Å². The topological polar surface area (TPSA) is 105 Å². The van der Waals surface area contributed by atoms with Crippen molar-refractivity contribution in [3.63, 3.8) is 0 Å². The molecule has 2 heterocycles. The standard InChI is InChI=1S/C14H18N4O4S/c1-10(14(19)20)9-17(3)23(21,22)12-8-16-18(11(12)2)13-6-4-5-7-15-13/h4-8,10H,9H2,1-3H3,(H,19,20). The van der Waals surface area contributed by atoms with Gasteiger partial charge in [-0.3, -0.25) is 4.79 Å². The van der Waals surface area contributed by atoms with Gasteiger partial charge in [-0.15, -0.1) is 0 Å². The third kappa shape index (κ3) is 3.40. The summed E-state index contributed by atoms with van der Waals surface area (Å²) < 4.78 is 27.7. The van der Waals surface area contributed by atoms with Gasteiger partial charge < -0.3 is 5.11 Å². The molecule has 0 bridgehead atoms. The van der Waals surface area contributed by atoms with Crippen LogP contribution in [0.1, 0.15) is 12.6 Å². The summed E-state index contributed by atoms with van der Waals surface area (Å²) in [5.74, 6) is -1.35. The first kappa shape index (κ1) is 17.1. The van der Waals surface area contributed by atoms with E-state index in [2.05, 4.69) is 10.1 Å². The van der Waals surface area contributed by atoms with E-state index in [1.165, 1.54) is 24.9 Å². The second-order valence-corrected chi connectivity index (χ2v) is 7.23. The molecule has 0 saturated heterocycles. The molecule has 1 unspecified atom stereocenters. The van der Waals surface area contributed by atoms with E-state index in [0.29, 0.717) is 11.5 Å². The smallest absolute Gasteiger partial charge is 0.307 e. The molecule has 2 rings (SSSR count). The average Bonchev–Trinajstić information content (AvgIpc) is 2.90. The van der Waals surface area contributed by atoms with Crippen molar-refractivity contribution in [3.8, 4) is 5.82 Å². The summed E-state index contributed by atoms with van der Waals surface area (Å²) in [6.07, 6.45) is 2.84. The van der Waals surface area contributed by atoms with Crippen molar-refractivity contribution in [1.29, 1.82) is 0 Å². The Bertz CT molecular complexity index is 801. The zero-order valence-corrected chi connectivity index (χ0v) is 13.9. The van der Waals surface area contributed by atoms with Gasteiger partial charge in [-0.25, -0.2) is 18.1 Å².